The van der Waals surface area contributed by atoms with Gasteiger partial charge in [0.1, 0.15) is 24.4 Å². The van der Waals surface area contributed by atoms with Crippen molar-refractivity contribution in [3.63, 3.8) is 0 Å². The Labute approximate surface area is 180 Å². The van der Waals surface area contributed by atoms with Crippen molar-refractivity contribution in [1.29, 1.82) is 0 Å². The Balaban J connectivity index is 1.40. The number of carboxylic acids is 1. The van der Waals surface area contributed by atoms with Crippen LogP contribution in [0.15, 0.2) is 12.5 Å². The topological polar surface area (TPSA) is 197 Å². The summed E-state index contributed by atoms with van der Waals surface area (Å²) in [5, 5.41) is 37.3. The van der Waals surface area contributed by atoms with Crippen LogP contribution in [0.4, 0.5) is 5.82 Å². The molecule has 1 aliphatic carbocycles. The van der Waals surface area contributed by atoms with Crippen LogP contribution in [0.2, 0.25) is 0 Å². The normalized spacial score (nSPS) is 26.2. The summed E-state index contributed by atoms with van der Waals surface area (Å²) >= 11 is 0. The second-order valence-electron chi connectivity index (χ2n) is 7.92. The molecule has 0 radical (unpaired) electrons. The molecular formula is C18H22N8O6. The van der Waals surface area contributed by atoms with Gasteiger partial charge >= 0.3 is 12.0 Å². The molecule has 14 nitrogen and oxygen atoms in total. The Hall–Kier alpha value is -3.36. The minimum absolute atomic E-state index is 0.0190. The summed E-state index contributed by atoms with van der Waals surface area (Å²) in [5.41, 5.74) is 6.42. The molecule has 0 unspecified atom stereocenters. The summed E-state index contributed by atoms with van der Waals surface area (Å²) in [6.45, 7) is -0.0190. The zero-order valence-corrected chi connectivity index (χ0v) is 16.9. The zero-order valence-electron chi connectivity index (χ0n) is 16.9. The van der Waals surface area contributed by atoms with Crippen molar-refractivity contribution in [2.45, 2.75) is 62.9 Å². The van der Waals surface area contributed by atoms with Gasteiger partial charge in [0, 0.05) is 0 Å². The third-order valence-electron chi connectivity index (χ3n) is 5.74. The number of aromatic carboxylic acids is 1. The molecule has 1 saturated heterocycles. The third kappa shape index (κ3) is 3.61. The first-order valence-corrected chi connectivity index (χ1v) is 10.2. The summed E-state index contributed by atoms with van der Waals surface area (Å²) in [6.07, 6.45) is 2.17. The third-order valence-corrected chi connectivity index (χ3v) is 5.74. The molecule has 2 fully saturated rings. The number of rotatable bonds is 6. The van der Waals surface area contributed by atoms with E-state index in [2.05, 4.69) is 25.3 Å². The van der Waals surface area contributed by atoms with Gasteiger partial charge in [-0.15, -0.1) is 5.10 Å². The number of aromatic nitrogens is 7. The number of hydrogen-bond acceptors (Lipinski definition) is 11. The van der Waals surface area contributed by atoms with E-state index < -0.39 is 30.5 Å². The van der Waals surface area contributed by atoms with E-state index in [9.17, 15) is 15.0 Å². The second kappa shape index (κ2) is 7.96. The van der Waals surface area contributed by atoms with Crippen molar-refractivity contribution in [2.75, 3.05) is 5.73 Å². The zero-order chi connectivity index (χ0) is 22.4. The fraction of sp³-hybridized carbons (Fsp3) is 0.556. The van der Waals surface area contributed by atoms with Crippen molar-refractivity contribution >= 4 is 23.0 Å². The number of hydrogen-bond donors (Lipinski definition) is 4. The molecule has 0 spiro atoms. The Bertz CT molecular complexity index is 1140. The molecule has 1 aliphatic heterocycles. The Morgan fingerprint density at radius 2 is 2.03 bits per heavy atom. The highest BCUT2D eigenvalue weighted by molar-refractivity contribution is 5.84. The monoisotopic (exact) mass is 446 g/mol. The number of nitrogens with zero attached hydrogens (tertiary/aromatic N) is 7. The van der Waals surface area contributed by atoms with Crippen LogP contribution in [0, 0.1) is 0 Å². The van der Waals surface area contributed by atoms with Crippen LogP contribution in [-0.4, -0.2) is 80.2 Å². The van der Waals surface area contributed by atoms with Crippen LogP contribution >= 0.6 is 0 Å². The maximum Gasteiger partial charge on any atom is 0.358 e. The standard InChI is InChI=1S/C18H22N8O6/c19-14-11-15(22-18(21-14)31-8-3-1-2-4-8)26(7-20-11)16-13(28)12(27)10(32-16)6-25-5-9(17(29)30)23-24-25/h5,7-8,10,12-13,16,27-28H,1-4,6H2,(H,29,30)(H2,19,21,22)/t10-,12+,13-,16-/m1/s1. The quantitative estimate of drug-likeness (QED) is 0.373. The van der Waals surface area contributed by atoms with Crippen molar-refractivity contribution in [2.24, 2.45) is 0 Å². The number of fused-ring (bicyclic) bond motifs is 1. The van der Waals surface area contributed by atoms with Crippen molar-refractivity contribution in [3.8, 4) is 6.01 Å². The van der Waals surface area contributed by atoms with Crippen LogP contribution in [0.3, 0.4) is 0 Å². The number of nitrogen functional groups attached to an aromatic ring is 1. The number of imidazole rings is 1. The smallest absolute Gasteiger partial charge is 0.358 e. The summed E-state index contributed by atoms with van der Waals surface area (Å²) in [4.78, 5) is 23.8. The molecule has 3 aromatic rings. The fourth-order valence-electron chi connectivity index (χ4n) is 4.09. The van der Waals surface area contributed by atoms with Gasteiger partial charge in [0.05, 0.1) is 19.1 Å². The molecule has 4 heterocycles. The number of aliphatic hydroxyl groups excluding tert-OH is 2. The summed E-state index contributed by atoms with van der Waals surface area (Å²) in [7, 11) is 0. The molecule has 0 aromatic carbocycles. The van der Waals surface area contributed by atoms with Gasteiger partial charge in [0.25, 0.3) is 0 Å². The Kier molecular flexibility index (Phi) is 5.11. The molecule has 1 saturated carbocycles. The van der Waals surface area contributed by atoms with E-state index in [1.165, 1.54) is 21.8 Å². The molecule has 3 aromatic heterocycles. The molecule has 5 rings (SSSR count). The summed E-state index contributed by atoms with van der Waals surface area (Å²) < 4.78 is 14.4. The predicted octanol–water partition coefficient (Wildman–Crippen LogP) is -0.661. The lowest BCUT2D eigenvalue weighted by Crippen LogP contribution is -2.33. The number of anilines is 1. The SMILES string of the molecule is Nc1nc(OC2CCCC2)nc2c1ncn2[C@@H]1O[C@H](Cn2cc(C(=O)O)nn2)[C@H](O)[C@H]1O. The molecule has 4 atom stereocenters. The first-order valence-electron chi connectivity index (χ1n) is 10.2. The minimum Gasteiger partial charge on any atom is -0.476 e. The average molecular weight is 446 g/mol. The summed E-state index contributed by atoms with van der Waals surface area (Å²) in [5.74, 6) is -1.09. The number of carboxylic acid groups (broad SMARTS) is 1. The van der Waals surface area contributed by atoms with Crippen LogP contribution in [0.25, 0.3) is 11.2 Å². The van der Waals surface area contributed by atoms with Crippen LogP contribution in [-0.2, 0) is 11.3 Å². The number of aliphatic hydroxyl groups is 2. The molecule has 0 bridgehead atoms. The molecule has 170 valence electrons. The van der Waals surface area contributed by atoms with E-state index in [1.54, 1.807) is 0 Å². The van der Waals surface area contributed by atoms with Gasteiger partial charge in [-0.3, -0.25) is 4.57 Å². The van der Waals surface area contributed by atoms with E-state index in [-0.39, 0.29) is 30.2 Å². The van der Waals surface area contributed by atoms with Crippen LogP contribution in [0.5, 0.6) is 6.01 Å². The molecule has 32 heavy (non-hydrogen) atoms. The largest absolute Gasteiger partial charge is 0.476 e. The van der Waals surface area contributed by atoms with Crippen molar-refractivity contribution < 1.29 is 29.6 Å². The lowest BCUT2D eigenvalue weighted by Gasteiger charge is -2.17. The molecule has 2 aliphatic rings. The molecular weight excluding hydrogens is 424 g/mol. The number of ether oxygens (including phenoxy) is 2. The first kappa shape index (κ1) is 20.5. The molecule has 5 N–H and O–H groups in total. The molecule has 14 heteroatoms. The maximum atomic E-state index is 11.0. The highest BCUT2D eigenvalue weighted by Gasteiger charge is 2.44. The van der Waals surface area contributed by atoms with E-state index in [4.69, 9.17) is 20.3 Å². The molecule has 0 amide bonds. The van der Waals surface area contributed by atoms with Gasteiger partial charge in [-0.1, -0.05) is 5.21 Å². The van der Waals surface area contributed by atoms with Gasteiger partial charge < -0.3 is 30.5 Å². The average Bonchev–Trinajstić information content (AvgIpc) is 3.54. The Morgan fingerprint density at radius 3 is 2.75 bits per heavy atom. The van der Waals surface area contributed by atoms with Gasteiger partial charge in [0.15, 0.2) is 28.9 Å². The fourth-order valence-corrected chi connectivity index (χ4v) is 4.09. The van der Waals surface area contributed by atoms with E-state index in [0.29, 0.717) is 11.2 Å². The van der Waals surface area contributed by atoms with Crippen LogP contribution < -0.4 is 10.5 Å². The highest BCUT2D eigenvalue weighted by Crippen LogP contribution is 2.33. The van der Waals surface area contributed by atoms with E-state index in [0.717, 1.165) is 25.7 Å². The minimum atomic E-state index is -1.31. The lowest BCUT2D eigenvalue weighted by molar-refractivity contribution is -0.0404. The number of carbonyl (C=O) groups is 1. The predicted molar refractivity (Wildman–Crippen MR) is 106 cm³/mol. The van der Waals surface area contributed by atoms with E-state index >= 15 is 0 Å². The second-order valence-corrected chi connectivity index (χ2v) is 7.92. The van der Waals surface area contributed by atoms with Gasteiger partial charge in [-0.25, -0.2) is 14.5 Å². The maximum absolute atomic E-state index is 11.0. The number of nitrogens with two attached hydrogens (primary N) is 1. The van der Waals surface area contributed by atoms with Gasteiger partial charge in [-0.05, 0) is 25.7 Å². The van der Waals surface area contributed by atoms with Gasteiger partial charge in [-0.2, -0.15) is 9.97 Å². The summed E-state index contributed by atoms with van der Waals surface area (Å²) in [6, 6.07) is 0.122. The van der Waals surface area contributed by atoms with Crippen molar-refractivity contribution in [1.82, 2.24) is 34.5 Å². The Morgan fingerprint density at radius 1 is 1.25 bits per heavy atom. The first-order chi connectivity index (χ1) is 15.4. The van der Waals surface area contributed by atoms with E-state index in [1.807, 2.05) is 0 Å². The van der Waals surface area contributed by atoms with Crippen LogP contribution in [0.1, 0.15) is 42.4 Å². The highest BCUT2D eigenvalue weighted by atomic mass is 16.6. The van der Waals surface area contributed by atoms with Crippen molar-refractivity contribution in [3.05, 3.63) is 18.2 Å². The lowest BCUT2D eigenvalue weighted by atomic mass is 10.1. The van der Waals surface area contributed by atoms with Gasteiger partial charge in [0.2, 0.25) is 0 Å².